The molecule has 1 aromatic carbocycles. The number of halogens is 2. The summed E-state index contributed by atoms with van der Waals surface area (Å²) in [6.07, 6.45) is 2.59. The fraction of sp³-hybridized carbons (Fsp3) is 0.273. The summed E-state index contributed by atoms with van der Waals surface area (Å²) in [6.45, 7) is 6.19. The fourth-order valence-electron chi connectivity index (χ4n) is 3.42. The number of benzene rings is 1. The second-order valence-electron chi connectivity index (χ2n) is 7.10. The van der Waals surface area contributed by atoms with Crippen molar-refractivity contribution >= 4 is 28.5 Å². The number of pyridine rings is 1. The second kappa shape index (κ2) is 8.85. The van der Waals surface area contributed by atoms with Gasteiger partial charge >= 0.3 is 6.01 Å². The molecule has 0 bridgehead atoms. The van der Waals surface area contributed by atoms with Gasteiger partial charge in [-0.15, -0.1) is 0 Å². The zero-order chi connectivity index (χ0) is 22.0. The maximum absolute atomic E-state index is 14.4. The van der Waals surface area contributed by atoms with Gasteiger partial charge in [0.2, 0.25) is 11.8 Å². The molecule has 9 heteroatoms. The van der Waals surface area contributed by atoms with E-state index in [0.29, 0.717) is 36.1 Å². The van der Waals surface area contributed by atoms with Gasteiger partial charge in [0.05, 0.1) is 17.1 Å². The number of carbonyl (C=O) groups excluding carboxylic acids is 1. The van der Waals surface area contributed by atoms with Gasteiger partial charge in [-0.05, 0) is 31.2 Å². The maximum atomic E-state index is 14.4. The molecule has 1 saturated heterocycles. The third kappa shape index (κ3) is 4.44. The van der Waals surface area contributed by atoms with E-state index in [9.17, 15) is 9.18 Å². The van der Waals surface area contributed by atoms with Gasteiger partial charge in [0.25, 0.3) is 0 Å². The number of nitrogens with zero attached hydrogens (tertiary/aromatic N) is 4. The van der Waals surface area contributed by atoms with Crippen LogP contribution in [0, 0.1) is 5.82 Å². The summed E-state index contributed by atoms with van der Waals surface area (Å²) in [5, 5.41) is 0.0162. The molecule has 2 aromatic heterocycles. The summed E-state index contributed by atoms with van der Waals surface area (Å²) in [6, 6.07) is 8.33. The highest BCUT2D eigenvalue weighted by Crippen LogP contribution is 2.30. The van der Waals surface area contributed by atoms with Crippen LogP contribution in [0.4, 0.5) is 4.39 Å². The Balaban J connectivity index is 1.60. The summed E-state index contributed by atoms with van der Waals surface area (Å²) in [5.74, 6) is -0.516. The monoisotopic (exact) mass is 442 g/mol. The summed E-state index contributed by atoms with van der Waals surface area (Å²) >= 11 is 5.90. The van der Waals surface area contributed by atoms with Crippen molar-refractivity contribution in [1.82, 2.24) is 19.9 Å². The van der Waals surface area contributed by atoms with E-state index in [0.717, 1.165) is 0 Å². The van der Waals surface area contributed by atoms with E-state index in [-0.39, 0.29) is 28.9 Å². The van der Waals surface area contributed by atoms with Crippen molar-refractivity contribution < 1.29 is 18.7 Å². The number of hydrogen-bond acceptors (Lipinski definition) is 6. The Morgan fingerprint density at radius 3 is 3.00 bits per heavy atom. The fourth-order valence-corrected chi connectivity index (χ4v) is 3.60. The Labute approximate surface area is 183 Å². The predicted octanol–water partition coefficient (Wildman–Crippen LogP) is 4.12. The first kappa shape index (κ1) is 21.0. The normalized spacial score (nSPS) is 16.9. The quantitative estimate of drug-likeness (QED) is 0.534. The molecule has 0 saturated carbocycles. The van der Waals surface area contributed by atoms with Gasteiger partial charge in [0, 0.05) is 24.7 Å². The summed E-state index contributed by atoms with van der Waals surface area (Å²) < 4.78 is 26.3. The van der Waals surface area contributed by atoms with Crippen LogP contribution in [0.1, 0.15) is 25.0 Å². The molecule has 0 unspecified atom stereocenters. The number of hydrogen-bond donors (Lipinski definition) is 0. The molecule has 1 aliphatic heterocycles. The van der Waals surface area contributed by atoms with Gasteiger partial charge < -0.3 is 14.4 Å². The number of amides is 1. The molecule has 1 aliphatic rings. The molecule has 0 spiro atoms. The number of likely N-dealkylation sites (tertiary alicyclic amines) is 1. The van der Waals surface area contributed by atoms with Crippen LogP contribution in [0.15, 0.2) is 49.2 Å². The molecule has 0 radical (unpaired) electrons. The lowest BCUT2D eigenvalue weighted by molar-refractivity contribution is -0.125. The van der Waals surface area contributed by atoms with Crippen molar-refractivity contribution in [2.75, 3.05) is 13.1 Å². The zero-order valence-corrected chi connectivity index (χ0v) is 17.6. The predicted molar refractivity (Wildman–Crippen MR) is 114 cm³/mol. The topological polar surface area (TPSA) is 77.4 Å². The Morgan fingerprint density at radius 2 is 2.19 bits per heavy atom. The second-order valence-corrected chi connectivity index (χ2v) is 7.51. The van der Waals surface area contributed by atoms with Crippen LogP contribution in [0.2, 0.25) is 5.02 Å². The number of ether oxygens (including phenoxy) is 2. The lowest BCUT2D eigenvalue weighted by Crippen LogP contribution is -2.29. The number of rotatable bonds is 6. The van der Waals surface area contributed by atoms with Gasteiger partial charge in [-0.2, -0.15) is 9.97 Å². The average molecular weight is 443 g/mol. The first-order valence-electron chi connectivity index (χ1n) is 9.77. The van der Waals surface area contributed by atoms with Crippen LogP contribution < -0.4 is 9.47 Å². The number of fused-ring (bicyclic) bond motifs is 1. The molecule has 2 atom stereocenters. The Hall–Kier alpha value is -3.26. The number of aromatic nitrogens is 3. The minimum Gasteiger partial charge on any atom is -0.468 e. The molecular formula is C22H20ClFN4O3. The van der Waals surface area contributed by atoms with Crippen LogP contribution >= 0.6 is 11.6 Å². The van der Waals surface area contributed by atoms with E-state index in [4.69, 9.17) is 21.1 Å². The molecule has 0 aliphatic carbocycles. The van der Waals surface area contributed by atoms with Crippen molar-refractivity contribution in [2.24, 2.45) is 0 Å². The Bertz CT molecular complexity index is 1140. The lowest BCUT2D eigenvalue weighted by atomic mass is 10.1. The first-order chi connectivity index (χ1) is 15.0. The van der Waals surface area contributed by atoms with E-state index in [2.05, 4.69) is 21.5 Å². The molecule has 3 heterocycles. The smallest absolute Gasteiger partial charge is 0.320 e. The highest BCUT2D eigenvalue weighted by molar-refractivity contribution is 6.30. The molecular weight excluding hydrogens is 423 g/mol. The van der Waals surface area contributed by atoms with E-state index < -0.39 is 11.9 Å². The van der Waals surface area contributed by atoms with Crippen molar-refractivity contribution in [3.63, 3.8) is 0 Å². The van der Waals surface area contributed by atoms with Crippen molar-refractivity contribution in [2.45, 2.75) is 25.6 Å². The SMILES string of the molecule is C=CC(=O)N1CC[C@H](Oc2nc(O[C@H](C)c3cccc(Cl)c3F)c3ncccc3n2)C1. The van der Waals surface area contributed by atoms with Gasteiger partial charge in [0.15, 0.2) is 5.52 Å². The molecule has 1 amide bonds. The summed E-state index contributed by atoms with van der Waals surface area (Å²) in [7, 11) is 0. The molecule has 160 valence electrons. The van der Waals surface area contributed by atoms with Crippen LogP contribution in [0.25, 0.3) is 11.0 Å². The van der Waals surface area contributed by atoms with Crippen LogP contribution in [-0.4, -0.2) is 45.0 Å². The lowest BCUT2D eigenvalue weighted by Gasteiger charge is -2.18. The Morgan fingerprint density at radius 1 is 1.35 bits per heavy atom. The molecule has 1 fully saturated rings. The van der Waals surface area contributed by atoms with Crippen molar-refractivity contribution in [1.29, 1.82) is 0 Å². The maximum Gasteiger partial charge on any atom is 0.320 e. The van der Waals surface area contributed by atoms with Gasteiger partial charge in [0.1, 0.15) is 18.0 Å². The van der Waals surface area contributed by atoms with Crippen LogP contribution in [0.3, 0.4) is 0 Å². The zero-order valence-electron chi connectivity index (χ0n) is 16.8. The average Bonchev–Trinajstić information content (AvgIpc) is 3.23. The van der Waals surface area contributed by atoms with Gasteiger partial charge in [-0.3, -0.25) is 4.79 Å². The first-order valence-corrected chi connectivity index (χ1v) is 10.2. The van der Waals surface area contributed by atoms with Gasteiger partial charge in [-0.1, -0.05) is 30.3 Å². The van der Waals surface area contributed by atoms with Crippen LogP contribution in [-0.2, 0) is 4.79 Å². The van der Waals surface area contributed by atoms with E-state index in [1.165, 1.54) is 12.1 Å². The highest BCUT2D eigenvalue weighted by Gasteiger charge is 2.27. The van der Waals surface area contributed by atoms with Crippen molar-refractivity contribution in [3.8, 4) is 11.9 Å². The molecule has 7 nitrogen and oxygen atoms in total. The minimum absolute atomic E-state index is 0.0162. The summed E-state index contributed by atoms with van der Waals surface area (Å²) in [5.41, 5.74) is 1.25. The van der Waals surface area contributed by atoms with Gasteiger partial charge in [-0.25, -0.2) is 9.37 Å². The third-order valence-corrected chi connectivity index (χ3v) is 5.31. The number of carbonyl (C=O) groups is 1. The van der Waals surface area contributed by atoms with E-state index >= 15 is 0 Å². The summed E-state index contributed by atoms with van der Waals surface area (Å²) in [4.78, 5) is 26.5. The highest BCUT2D eigenvalue weighted by atomic mass is 35.5. The third-order valence-electron chi connectivity index (χ3n) is 5.01. The molecule has 3 aromatic rings. The largest absolute Gasteiger partial charge is 0.468 e. The Kier molecular flexibility index (Phi) is 5.99. The van der Waals surface area contributed by atoms with E-state index in [1.807, 2.05) is 0 Å². The van der Waals surface area contributed by atoms with Crippen molar-refractivity contribution in [3.05, 3.63) is 65.6 Å². The van der Waals surface area contributed by atoms with Crippen LogP contribution in [0.5, 0.6) is 11.9 Å². The van der Waals surface area contributed by atoms with E-state index in [1.54, 1.807) is 42.3 Å². The molecule has 31 heavy (non-hydrogen) atoms. The molecule has 4 rings (SSSR count). The minimum atomic E-state index is -0.682. The molecule has 0 N–H and O–H groups in total. The standard InChI is InChI=1S/C22H20ClFN4O3/c1-3-18(29)28-11-9-14(12-28)31-22-26-17-8-5-10-25-20(17)21(27-22)30-13(2)15-6-4-7-16(23)19(15)24/h3-8,10,13-14H,1,9,11-12H2,2H3/t13-,14+/m1/s1.